The molecule has 0 aromatic carbocycles. The molecule has 0 amide bonds. The molecule has 0 spiro atoms. The fourth-order valence-corrected chi connectivity index (χ4v) is 0. The molecular formula is C2H6As2O6Ti. The van der Waals surface area contributed by atoms with Gasteiger partial charge in [0, 0.05) is 0 Å². The van der Waals surface area contributed by atoms with Gasteiger partial charge in [-0.3, -0.25) is 0 Å². The average Bonchev–Trinajstić information content (AvgIpc) is 1.12. The molecule has 0 aromatic rings. The Balaban J connectivity index is -0.000000107. The summed E-state index contributed by atoms with van der Waals surface area (Å²) < 4.78 is 55.0. The van der Waals surface area contributed by atoms with Crippen LogP contribution in [0.4, 0.5) is 0 Å². The van der Waals surface area contributed by atoms with E-state index < -0.39 is 28.3 Å². The monoisotopic (exact) mass is 324 g/mol. The third kappa shape index (κ3) is 600. The molecule has 0 aliphatic carbocycles. The smallest absolute Gasteiger partial charge is 4.00 e. The summed E-state index contributed by atoms with van der Waals surface area (Å²) in [6, 6.07) is 0. The Hall–Kier alpha value is 1.27. The van der Waals surface area contributed by atoms with Gasteiger partial charge in [-0.05, 0) is 0 Å². The van der Waals surface area contributed by atoms with Crippen LogP contribution in [-0.4, -0.2) is 28.3 Å². The van der Waals surface area contributed by atoms with E-state index in [1.54, 1.807) is 0 Å². The zero-order chi connectivity index (χ0) is 9.00. The van der Waals surface area contributed by atoms with Crippen molar-refractivity contribution in [3.05, 3.63) is 0 Å². The van der Waals surface area contributed by atoms with Crippen LogP contribution in [0.2, 0.25) is 11.4 Å². The van der Waals surface area contributed by atoms with Crippen LogP contribution in [0.3, 0.4) is 0 Å². The van der Waals surface area contributed by atoms with Crippen LogP contribution in [0.1, 0.15) is 0 Å². The average molecular weight is 324 g/mol. The predicted molar refractivity (Wildman–Crippen MR) is 24.6 cm³/mol. The number of hydrogen-bond acceptors (Lipinski definition) is 6. The van der Waals surface area contributed by atoms with Crippen molar-refractivity contribution in [2.75, 3.05) is 0 Å². The van der Waals surface area contributed by atoms with E-state index in [1.165, 1.54) is 0 Å². The molecule has 0 unspecified atom stereocenters. The molecule has 0 saturated heterocycles. The zero-order valence-electron chi connectivity index (χ0n) is 5.84. The van der Waals surface area contributed by atoms with Crippen molar-refractivity contribution in [1.82, 2.24) is 0 Å². The molecule has 0 heterocycles. The van der Waals surface area contributed by atoms with E-state index in [4.69, 9.17) is 23.9 Å². The van der Waals surface area contributed by atoms with Crippen molar-refractivity contribution < 1.29 is 45.6 Å². The summed E-state index contributed by atoms with van der Waals surface area (Å²) in [5.74, 6) is 0. The van der Waals surface area contributed by atoms with Crippen LogP contribution in [0.5, 0.6) is 0 Å². The van der Waals surface area contributed by atoms with Crippen molar-refractivity contribution in [1.29, 1.82) is 0 Å². The maximum absolute atomic E-state index is 9.16. The largest absolute Gasteiger partial charge is 4.00 e. The van der Waals surface area contributed by atoms with E-state index in [1.807, 2.05) is 0 Å². The molecule has 0 bridgehead atoms. The first kappa shape index (κ1) is 18.1. The van der Waals surface area contributed by atoms with Crippen LogP contribution in [0, 0.1) is 0 Å². The van der Waals surface area contributed by atoms with Crippen molar-refractivity contribution in [3.63, 3.8) is 0 Å². The molecule has 11 heavy (non-hydrogen) atoms. The third-order valence-electron chi connectivity index (χ3n) is 0. The first-order valence-corrected chi connectivity index (χ1v) is 10.3. The van der Waals surface area contributed by atoms with E-state index in [0.717, 1.165) is 0 Å². The zero-order valence-corrected chi connectivity index (χ0v) is 11.2. The first-order chi connectivity index (χ1) is 4.00. The van der Waals surface area contributed by atoms with Gasteiger partial charge in [-0.1, -0.05) is 0 Å². The summed E-state index contributed by atoms with van der Waals surface area (Å²) in [6.45, 7) is 0. The molecule has 64 valence electrons. The maximum Gasteiger partial charge on any atom is 4.00 e. The van der Waals surface area contributed by atoms with Crippen LogP contribution in [0.25, 0.3) is 0 Å². The normalized spacial score (nSPS) is 10.7. The van der Waals surface area contributed by atoms with E-state index in [-0.39, 0.29) is 21.7 Å². The van der Waals surface area contributed by atoms with Crippen molar-refractivity contribution in [3.8, 4) is 0 Å². The molecule has 9 heteroatoms. The van der Waals surface area contributed by atoms with Gasteiger partial charge < -0.3 is 0 Å². The second-order valence-corrected chi connectivity index (χ2v) is 8.02. The molecule has 0 N–H and O–H groups in total. The number of rotatable bonds is 0. The summed E-state index contributed by atoms with van der Waals surface area (Å²) in [5.41, 5.74) is 1.39. The molecule has 0 saturated carbocycles. The van der Waals surface area contributed by atoms with E-state index in [0.29, 0.717) is 11.4 Å². The Kier molecular flexibility index (Phi) is 11.1. The van der Waals surface area contributed by atoms with Crippen molar-refractivity contribution in [2.24, 2.45) is 0 Å². The standard InChI is InChI=1S/2CH5AsO3.Ti/c2*1-2(3,4)5;/h2*1H3,(H2,3,4,5);/q;;+4/p-4. The molecule has 0 atom stereocenters. The van der Waals surface area contributed by atoms with Crippen LogP contribution in [0.15, 0.2) is 0 Å². The van der Waals surface area contributed by atoms with E-state index in [2.05, 4.69) is 0 Å². The van der Waals surface area contributed by atoms with Gasteiger partial charge in [0.25, 0.3) is 0 Å². The fraction of sp³-hybridized carbons (Fsp3) is 1.00. The summed E-state index contributed by atoms with van der Waals surface area (Å²) >= 11 is -9.25. The summed E-state index contributed by atoms with van der Waals surface area (Å²) in [6.07, 6.45) is 0. The minimum atomic E-state index is -4.62. The Bertz CT molecular complexity index is 131. The molecule has 0 fully saturated rings. The summed E-state index contributed by atoms with van der Waals surface area (Å²) in [4.78, 5) is 0. The van der Waals surface area contributed by atoms with Crippen molar-refractivity contribution in [2.45, 2.75) is 11.4 Å². The van der Waals surface area contributed by atoms with Gasteiger partial charge in [-0.15, -0.1) is 0 Å². The minimum absolute atomic E-state index is 0. The van der Waals surface area contributed by atoms with Gasteiger partial charge in [0.15, 0.2) is 0 Å². The van der Waals surface area contributed by atoms with Crippen LogP contribution < -0.4 is 16.4 Å². The van der Waals surface area contributed by atoms with Gasteiger partial charge >= 0.3 is 85.3 Å². The van der Waals surface area contributed by atoms with Gasteiger partial charge in [0.1, 0.15) is 0 Å². The Morgan fingerprint density at radius 3 is 0.818 bits per heavy atom. The Morgan fingerprint density at radius 2 is 0.818 bits per heavy atom. The van der Waals surface area contributed by atoms with Gasteiger partial charge in [0.2, 0.25) is 0 Å². The predicted octanol–water partition coefficient (Wildman–Crippen LogP) is -4.59. The Morgan fingerprint density at radius 1 is 0.818 bits per heavy atom. The van der Waals surface area contributed by atoms with Crippen molar-refractivity contribution >= 4 is 28.3 Å². The van der Waals surface area contributed by atoms with E-state index >= 15 is 0 Å². The molecule has 0 aromatic heterocycles. The first-order valence-electron chi connectivity index (χ1n) is 1.99. The minimum Gasteiger partial charge on any atom is 4.00 e. The second kappa shape index (κ2) is 6.75. The topological polar surface area (TPSA) is 126 Å². The molecule has 6 nitrogen and oxygen atoms in total. The SMILES string of the molecule is C[As](=O)([O-])[O-].C[As](=O)([O-])[O-].[Ti+4]. The van der Waals surface area contributed by atoms with Gasteiger partial charge in [0.05, 0.1) is 0 Å². The second-order valence-electron chi connectivity index (χ2n) is 1.54. The van der Waals surface area contributed by atoms with E-state index in [9.17, 15) is 0 Å². The van der Waals surface area contributed by atoms with Gasteiger partial charge in [-0.25, -0.2) is 0 Å². The molecule has 0 aliphatic heterocycles. The molecule has 0 radical (unpaired) electrons. The van der Waals surface area contributed by atoms with Gasteiger partial charge in [-0.2, -0.15) is 0 Å². The summed E-state index contributed by atoms with van der Waals surface area (Å²) in [5, 5.41) is 0. The summed E-state index contributed by atoms with van der Waals surface area (Å²) in [7, 11) is 0. The molecule has 0 aliphatic rings. The quantitative estimate of drug-likeness (QED) is 0.413. The maximum atomic E-state index is 9.16. The molecular weight excluding hydrogens is 318 g/mol. The fourth-order valence-electron chi connectivity index (χ4n) is 0. The number of hydrogen-bond donors (Lipinski definition) is 0. The third-order valence-corrected chi connectivity index (χ3v) is 0. The Labute approximate surface area is 84.9 Å². The van der Waals surface area contributed by atoms with Crippen LogP contribution >= 0.6 is 0 Å². The molecule has 0 rings (SSSR count). The van der Waals surface area contributed by atoms with Crippen LogP contribution in [-0.2, 0) is 29.2 Å².